The second kappa shape index (κ2) is 9.85. The van der Waals surface area contributed by atoms with E-state index in [1.807, 2.05) is 12.1 Å². The zero-order chi connectivity index (χ0) is 24.3. The van der Waals surface area contributed by atoms with Crippen molar-refractivity contribution in [3.05, 3.63) is 47.5 Å². The van der Waals surface area contributed by atoms with Crippen molar-refractivity contribution >= 4 is 33.9 Å². The highest BCUT2D eigenvalue weighted by molar-refractivity contribution is 7.14. The van der Waals surface area contributed by atoms with E-state index in [0.717, 1.165) is 43.6 Å². The molecule has 180 valence electrons. The summed E-state index contributed by atoms with van der Waals surface area (Å²) in [4.78, 5) is 25.4. The molecule has 0 bridgehead atoms. The topological polar surface area (TPSA) is 82.6 Å². The Morgan fingerprint density at radius 1 is 1.15 bits per heavy atom. The Bertz CT molecular complexity index is 1140. The summed E-state index contributed by atoms with van der Waals surface area (Å²) in [5, 5.41) is 7.41. The van der Waals surface area contributed by atoms with Crippen LogP contribution in [0.1, 0.15) is 10.4 Å². The fourth-order valence-corrected chi connectivity index (χ4v) is 4.20. The number of pyridine rings is 1. The summed E-state index contributed by atoms with van der Waals surface area (Å²) in [5.74, 6) is -0.00608. The normalized spacial score (nSPS) is 14.7. The van der Waals surface area contributed by atoms with E-state index in [2.05, 4.69) is 42.2 Å². The number of nitrogens with zero attached hydrogens (tertiary/aromatic N) is 4. The van der Waals surface area contributed by atoms with E-state index >= 15 is 0 Å². The van der Waals surface area contributed by atoms with Gasteiger partial charge >= 0.3 is 6.36 Å². The molecule has 0 atom stereocenters. The number of likely N-dealkylation sites (N-methyl/N-ethyl adjacent to an activating group) is 1. The van der Waals surface area contributed by atoms with Crippen LogP contribution in [0.5, 0.6) is 5.75 Å². The molecule has 1 fully saturated rings. The predicted octanol–water partition coefficient (Wildman–Crippen LogP) is 3.96. The van der Waals surface area contributed by atoms with Crippen LogP contribution in [-0.2, 0) is 0 Å². The van der Waals surface area contributed by atoms with Crippen LogP contribution in [0.2, 0.25) is 0 Å². The van der Waals surface area contributed by atoms with Crippen LogP contribution in [0.3, 0.4) is 0 Å². The number of anilines is 3. The Hall–Kier alpha value is -3.38. The number of halogens is 3. The molecule has 1 saturated heterocycles. The largest absolute Gasteiger partial charge is 0.573 e. The molecule has 0 aliphatic carbocycles. The third-order valence-electron chi connectivity index (χ3n) is 5.31. The van der Waals surface area contributed by atoms with Crippen LogP contribution in [0.25, 0.3) is 11.3 Å². The van der Waals surface area contributed by atoms with E-state index in [-0.39, 0.29) is 11.3 Å². The highest BCUT2D eigenvalue weighted by Crippen LogP contribution is 2.35. The molecule has 1 amide bonds. The Balaban J connectivity index is 1.52. The van der Waals surface area contributed by atoms with Gasteiger partial charge in [-0.25, -0.2) is 9.97 Å². The average Bonchev–Trinajstić information content (AvgIpc) is 3.28. The second-order valence-corrected chi connectivity index (χ2v) is 8.55. The lowest BCUT2D eigenvalue weighted by atomic mass is 10.1. The first-order valence-corrected chi connectivity index (χ1v) is 11.3. The Morgan fingerprint density at radius 2 is 1.91 bits per heavy atom. The summed E-state index contributed by atoms with van der Waals surface area (Å²) in [6.45, 7) is 3.77. The van der Waals surface area contributed by atoms with Gasteiger partial charge in [-0.1, -0.05) is 0 Å². The number of benzene rings is 1. The van der Waals surface area contributed by atoms with E-state index in [4.69, 9.17) is 0 Å². The third-order valence-corrected chi connectivity index (χ3v) is 6.07. The minimum atomic E-state index is -4.88. The Kier molecular flexibility index (Phi) is 6.89. The van der Waals surface area contributed by atoms with Gasteiger partial charge in [0, 0.05) is 55.9 Å². The molecule has 1 aromatic carbocycles. The maximum atomic E-state index is 12.8. The number of amides is 1. The van der Waals surface area contributed by atoms with Crippen LogP contribution < -0.4 is 20.3 Å². The number of aromatic nitrogens is 2. The van der Waals surface area contributed by atoms with Gasteiger partial charge < -0.3 is 25.2 Å². The molecule has 3 heterocycles. The molecule has 34 heavy (non-hydrogen) atoms. The molecular formula is C22H23F3N6O2S. The van der Waals surface area contributed by atoms with E-state index < -0.39 is 18.0 Å². The zero-order valence-electron chi connectivity index (χ0n) is 18.5. The quantitative estimate of drug-likeness (QED) is 0.539. The van der Waals surface area contributed by atoms with Crippen LogP contribution >= 0.6 is 11.3 Å². The highest BCUT2D eigenvalue weighted by atomic mass is 32.1. The molecule has 4 rings (SSSR count). The van der Waals surface area contributed by atoms with Gasteiger partial charge in [-0.2, -0.15) is 0 Å². The lowest BCUT2D eigenvalue weighted by molar-refractivity contribution is -0.274. The molecule has 0 spiro atoms. The van der Waals surface area contributed by atoms with Crippen LogP contribution in [-0.4, -0.2) is 67.4 Å². The molecule has 0 radical (unpaired) electrons. The molecule has 1 aliphatic rings. The Morgan fingerprint density at radius 3 is 2.56 bits per heavy atom. The monoisotopic (exact) mass is 492 g/mol. The van der Waals surface area contributed by atoms with Gasteiger partial charge in [0.05, 0.1) is 11.4 Å². The molecule has 0 saturated carbocycles. The molecule has 3 aromatic rings. The number of thiazole rings is 1. The summed E-state index contributed by atoms with van der Waals surface area (Å²) in [7, 11) is 3.53. The number of nitrogens with one attached hydrogen (secondary N) is 2. The highest BCUT2D eigenvalue weighted by Gasteiger charge is 2.32. The smallest absolute Gasteiger partial charge is 0.404 e. The van der Waals surface area contributed by atoms with Crippen molar-refractivity contribution in [2.75, 3.05) is 50.5 Å². The summed E-state index contributed by atoms with van der Waals surface area (Å²) in [5.41, 5.74) is 1.57. The van der Waals surface area contributed by atoms with Gasteiger partial charge in [0.1, 0.15) is 5.82 Å². The Labute approximate surface area is 198 Å². The first kappa shape index (κ1) is 23.8. The number of carbonyl (C=O) groups is 1. The van der Waals surface area contributed by atoms with E-state index in [9.17, 15) is 18.0 Å². The molecular weight excluding hydrogens is 469 g/mol. The van der Waals surface area contributed by atoms with Crippen molar-refractivity contribution in [1.82, 2.24) is 20.2 Å². The lowest BCUT2D eigenvalue weighted by Crippen LogP contribution is -2.44. The molecule has 12 heteroatoms. The van der Waals surface area contributed by atoms with E-state index in [0.29, 0.717) is 10.8 Å². The first-order valence-electron chi connectivity index (χ1n) is 10.5. The third kappa shape index (κ3) is 5.75. The minimum Gasteiger partial charge on any atom is -0.404 e. The maximum absolute atomic E-state index is 12.8. The number of alkyl halides is 3. The van der Waals surface area contributed by atoms with Crippen molar-refractivity contribution in [3.8, 4) is 17.0 Å². The summed E-state index contributed by atoms with van der Waals surface area (Å²) < 4.78 is 42.6. The van der Waals surface area contributed by atoms with Crippen molar-refractivity contribution in [2.24, 2.45) is 0 Å². The van der Waals surface area contributed by atoms with Crippen LogP contribution in [0, 0.1) is 0 Å². The van der Waals surface area contributed by atoms with Crippen molar-refractivity contribution < 1.29 is 22.7 Å². The summed E-state index contributed by atoms with van der Waals surface area (Å²) in [6, 6.07) is 7.49. The van der Waals surface area contributed by atoms with Crippen molar-refractivity contribution in [1.29, 1.82) is 0 Å². The first-order chi connectivity index (χ1) is 16.2. The van der Waals surface area contributed by atoms with E-state index in [1.54, 1.807) is 11.6 Å². The number of hydrogen-bond donors (Lipinski definition) is 2. The fraction of sp³-hybridized carbons (Fsp3) is 0.318. The van der Waals surface area contributed by atoms with Gasteiger partial charge in [0.15, 0.2) is 10.9 Å². The molecule has 2 aromatic heterocycles. The standard InChI is InChI=1S/C22H23F3N6O2S/c1-26-20(32)14-3-5-18(33-22(23,24)25)16(11-14)28-21-29-17(13-34-21)15-4-6-19(27-12-15)31-9-7-30(2)8-10-31/h3-6,11-13H,7-10H2,1-2H3,(H,26,32)(H,28,29). The van der Waals surface area contributed by atoms with Gasteiger partial charge in [-0.05, 0) is 37.4 Å². The lowest BCUT2D eigenvalue weighted by Gasteiger charge is -2.33. The van der Waals surface area contributed by atoms with Gasteiger partial charge in [0.2, 0.25) is 0 Å². The number of rotatable bonds is 6. The van der Waals surface area contributed by atoms with E-state index in [1.165, 1.54) is 30.5 Å². The average molecular weight is 493 g/mol. The number of hydrogen-bond acceptors (Lipinski definition) is 8. The fourth-order valence-electron chi connectivity index (χ4n) is 3.47. The second-order valence-electron chi connectivity index (χ2n) is 7.70. The predicted molar refractivity (Wildman–Crippen MR) is 125 cm³/mol. The molecule has 2 N–H and O–H groups in total. The zero-order valence-corrected chi connectivity index (χ0v) is 19.3. The molecule has 1 aliphatic heterocycles. The number of piperazine rings is 1. The van der Waals surface area contributed by atoms with Gasteiger partial charge in [-0.15, -0.1) is 24.5 Å². The maximum Gasteiger partial charge on any atom is 0.573 e. The summed E-state index contributed by atoms with van der Waals surface area (Å²) >= 11 is 1.22. The SMILES string of the molecule is CNC(=O)c1ccc(OC(F)(F)F)c(Nc2nc(-c3ccc(N4CCN(C)CC4)nc3)cs2)c1. The van der Waals surface area contributed by atoms with Crippen LogP contribution in [0.4, 0.5) is 29.8 Å². The van der Waals surface area contributed by atoms with Crippen LogP contribution in [0.15, 0.2) is 41.9 Å². The summed E-state index contributed by atoms with van der Waals surface area (Å²) in [6.07, 6.45) is -3.15. The number of carbonyl (C=O) groups excluding carboxylic acids is 1. The molecule has 0 unspecified atom stereocenters. The minimum absolute atomic E-state index is 0.0251. The van der Waals surface area contributed by atoms with Crippen molar-refractivity contribution in [3.63, 3.8) is 0 Å². The van der Waals surface area contributed by atoms with Gasteiger partial charge in [0.25, 0.3) is 5.91 Å². The number of ether oxygens (including phenoxy) is 1. The van der Waals surface area contributed by atoms with Crippen molar-refractivity contribution in [2.45, 2.75) is 6.36 Å². The van der Waals surface area contributed by atoms with Gasteiger partial charge in [-0.3, -0.25) is 4.79 Å². The molecule has 8 nitrogen and oxygen atoms in total.